The molecule has 148 valence electrons. The van der Waals surface area contributed by atoms with Gasteiger partial charge >= 0.3 is 0 Å². The number of anilines is 1. The van der Waals surface area contributed by atoms with Gasteiger partial charge in [-0.05, 0) is 59.4 Å². The quantitative estimate of drug-likeness (QED) is 0.313. The molecule has 0 unspecified atom stereocenters. The lowest BCUT2D eigenvalue weighted by Gasteiger charge is -2.16. The van der Waals surface area contributed by atoms with Crippen molar-refractivity contribution in [3.63, 3.8) is 0 Å². The standard InChI is InChI=1S/C25H26N2O2/c1-2-23(19-9-6-7-10-19)25(20-11-4-3-5-12-20)21-14-16-22(17-15-21)27-24(28)13-8-18-26-29/h3-7,9,11-12,14-17,26,29H,2,8,13,18H2,1H3,(H,27,28)/b25-23+. The molecule has 0 aliphatic heterocycles. The first-order chi connectivity index (χ1) is 14.2. The fourth-order valence-electron chi connectivity index (χ4n) is 3.41. The van der Waals surface area contributed by atoms with E-state index in [4.69, 9.17) is 5.21 Å². The first kappa shape index (κ1) is 20.6. The summed E-state index contributed by atoms with van der Waals surface area (Å²) in [5, 5.41) is 11.5. The molecule has 0 spiro atoms. The summed E-state index contributed by atoms with van der Waals surface area (Å²) in [5.74, 6) is -0.0625. The highest BCUT2D eigenvalue weighted by atomic mass is 16.5. The fourth-order valence-corrected chi connectivity index (χ4v) is 3.41. The minimum absolute atomic E-state index is 0.0625. The van der Waals surface area contributed by atoms with Crippen molar-refractivity contribution in [3.05, 3.63) is 101 Å². The van der Waals surface area contributed by atoms with Crippen molar-refractivity contribution in [2.75, 3.05) is 11.9 Å². The van der Waals surface area contributed by atoms with E-state index in [2.05, 4.69) is 41.7 Å². The summed E-state index contributed by atoms with van der Waals surface area (Å²) < 4.78 is 0. The monoisotopic (exact) mass is 386 g/mol. The Morgan fingerprint density at radius 2 is 1.76 bits per heavy atom. The number of hydrogen-bond donors (Lipinski definition) is 3. The molecule has 0 aromatic heterocycles. The number of hydrogen-bond acceptors (Lipinski definition) is 3. The molecule has 4 heteroatoms. The van der Waals surface area contributed by atoms with Crippen LogP contribution in [0.4, 0.5) is 5.69 Å². The van der Waals surface area contributed by atoms with Gasteiger partial charge in [0.15, 0.2) is 0 Å². The Morgan fingerprint density at radius 1 is 1.03 bits per heavy atom. The zero-order valence-corrected chi connectivity index (χ0v) is 16.6. The summed E-state index contributed by atoms with van der Waals surface area (Å²) in [6, 6.07) is 18.3. The normalized spacial score (nSPS) is 13.2. The Morgan fingerprint density at radius 3 is 2.38 bits per heavy atom. The van der Waals surface area contributed by atoms with Gasteiger partial charge in [-0.25, -0.2) is 5.48 Å². The molecule has 0 radical (unpaired) electrons. The molecule has 1 amide bonds. The highest BCUT2D eigenvalue weighted by molar-refractivity contribution is 5.91. The minimum atomic E-state index is -0.0625. The molecule has 2 aromatic carbocycles. The van der Waals surface area contributed by atoms with E-state index in [1.165, 1.54) is 11.1 Å². The zero-order chi connectivity index (χ0) is 20.5. The van der Waals surface area contributed by atoms with Gasteiger partial charge in [0, 0.05) is 24.2 Å². The van der Waals surface area contributed by atoms with Gasteiger partial charge in [0.1, 0.15) is 0 Å². The Balaban J connectivity index is 1.90. The number of amides is 1. The predicted octanol–water partition coefficient (Wildman–Crippen LogP) is 5.25. The van der Waals surface area contributed by atoms with Crippen molar-refractivity contribution in [2.24, 2.45) is 0 Å². The van der Waals surface area contributed by atoms with Gasteiger partial charge in [-0.2, -0.15) is 0 Å². The van der Waals surface area contributed by atoms with Gasteiger partial charge in [0.05, 0.1) is 0 Å². The molecule has 1 aliphatic rings. The van der Waals surface area contributed by atoms with E-state index in [0.29, 0.717) is 19.4 Å². The second-order valence-corrected chi connectivity index (χ2v) is 6.79. The van der Waals surface area contributed by atoms with Crippen molar-refractivity contribution >= 4 is 17.2 Å². The van der Waals surface area contributed by atoms with Crippen LogP contribution in [0.1, 0.15) is 37.3 Å². The number of nitrogens with one attached hydrogen (secondary N) is 2. The average Bonchev–Trinajstić information content (AvgIpc) is 3.28. The zero-order valence-electron chi connectivity index (χ0n) is 16.6. The van der Waals surface area contributed by atoms with Crippen LogP contribution < -0.4 is 10.8 Å². The Labute approximate surface area is 171 Å². The average molecular weight is 386 g/mol. The second kappa shape index (κ2) is 10.4. The number of rotatable bonds is 9. The minimum Gasteiger partial charge on any atom is -0.326 e. The van der Waals surface area contributed by atoms with Crippen LogP contribution >= 0.6 is 0 Å². The first-order valence-corrected chi connectivity index (χ1v) is 9.92. The Bertz CT molecular complexity index is 964. The van der Waals surface area contributed by atoms with Crippen LogP contribution in [0.15, 0.2) is 89.7 Å². The van der Waals surface area contributed by atoms with Crippen LogP contribution in [0.25, 0.3) is 5.57 Å². The summed E-state index contributed by atoms with van der Waals surface area (Å²) in [5.41, 5.74) is 12.0. The van der Waals surface area contributed by atoms with E-state index >= 15 is 0 Å². The third-order valence-corrected chi connectivity index (χ3v) is 4.79. The summed E-state index contributed by atoms with van der Waals surface area (Å²) in [4.78, 5) is 12.0. The number of hydroxylamine groups is 1. The van der Waals surface area contributed by atoms with Crippen molar-refractivity contribution in [3.8, 4) is 0 Å². The van der Waals surface area contributed by atoms with Crippen molar-refractivity contribution in [1.82, 2.24) is 5.48 Å². The summed E-state index contributed by atoms with van der Waals surface area (Å²) in [7, 11) is 0. The van der Waals surface area contributed by atoms with E-state index in [-0.39, 0.29) is 5.91 Å². The molecule has 29 heavy (non-hydrogen) atoms. The van der Waals surface area contributed by atoms with Crippen LogP contribution in [0.5, 0.6) is 0 Å². The molecule has 0 saturated heterocycles. The highest BCUT2D eigenvalue weighted by Crippen LogP contribution is 2.33. The van der Waals surface area contributed by atoms with E-state index in [1.54, 1.807) is 0 Å². The lowest BCUT2D eigenvalue weighted by molar-refractivity contribution is -0.116. The summed E-state index contributed by atoms with van der Waals surface area (Å²) in [6.45, 7) is 2.56. The SMILES string of the molecule is CC/C(C1=C=CC=C1)=C(/c1ccccc1)c1ccc(NC(=O)CCCNO)cc1. The third kappa shape index (κ3) is 5.43. The molecule has 0 bridgehead atoms. The fraction of sp³-hybridized carbons (Fsp3) is 0.200. The van der Waals surface area contributed by atoms with Crippen LogP contribution in [0.2, 0.25) is 0 Å². The molecule has 0 atom stereocenters. The van der Waals surface area contributed by atoms with E-state index < -0.39 is 0 Å². The number of carbonyl (C=O) groups is 1. The van der Waals surface area contributed by atoms with Crippen LogP contribution in [0.3, 0.4) is 0 Å². The maximum atomic E-state index is 12.0. The van der Waals surface area contributed by atoms with Crippen molar-refractivity contribution in [2.45, 2.75) is 26.2 Å². The van der Waals surface area contributed by atoms with Crippen LogP contribution in [-0.4, -0.2) is 17.7 Å². The molecule has 0 saturated carbocycles. The van der Waals surface area contributed by atoms with Gasteiger partial charge in [0.25, 0.3) is 0 Å². The second-order valence-electron chi connectivity index (χ2n) is 6.79. The Hall–Kier alpha value is -3.17. The summed E-state index contributed by atoms with van der Waals surface area (Å²) >= 11 is 0. The Kier molecular flexibility index (Phi) is 7.37. The lowest BCUT2D eigenvalue weighted by Crippen LogP contribution is -2.15. The van der Waals surface area contributed by atoms with E-state index in [0.717, 1.165) is 28.8 Å². The lowest BCUT2D eigenvalue weighted by atomic mass is 9.88. The molecular weight excluding hydrogens is 360 g/mol. The molecule has 2 aromatic rings. The smallest absolute Gasteiger partial charge is 0.224 e. The number of benzene rings is 2. The van der Waals surface area contributed by atoms with Gasteiger partial charge in [0.2, 0.25) is 5.91 Å². The molecule has 0 heterocycles. The predicted molar refractivity (Wildman–Crippen MR) is 118 cm³/mol. The molecule has 3 rings (SSSR count). The molecule has 0 fully saturated rings. The maximum Gasteiger partial charge on any atom is 0.224 e. The highest BCUT2D eigenvalue weighted by Gasteiger charge is 2.14. The van der Waals surface area contributed by atoms with Gasteiger partial charge in [-0.15, -0.1) is 5.73 Å². The maximum absolute atomic E-state index is 12.0. The van der Waals surface area contributed by atoms with Crippen LogP contribution in [-0.2, 0) is 4.79 Å². The topological polar surface area (TPSA) is 61.4 Å². The third-order valence-electron chi connectivity index (χ3n) is 4.79. The molecular formula is C25H26N2O2. The van der Waals surface area contributed by atoms with E-state index in [9.17, 15) is 4.79 Å². The van der Waals surface area contributed by atoms with E-state index in [1.807, 2.05) is 54.6 Å². The van der Waals surface area contributed by atoms with Gasteiger partial charge < -0.3 is 10.5 Å². The molecule has 1 aliphatic carbocycles. The van der Waals surface area contributed by atoms with Gasteiger partial charge in [-0.1, -0.05) is 55.5 Å². The number of carbonyl (C=O) groups excluding carboxylic acids is 1. The first-order valence-electron chi connectivity index (χ1n) is 9.92. The van der Waals surface area contributed by atoms with Crippen LogP contribution in [0, 0.1) is 0 Å². The van der Waals surface area contributed by atoms with Crippen molar-refractivity contribution < 1.29 is 10.0 Å². The summed E-state index contributed by atoms with van der Waals surface area (Å²) in [6.07, 6.45) is 7.88. The van der Waals surface area contributed by atoms with Gasteiger partial charge in [-0.3, -0.25) is 4.79 Å². The largest absolute Gasteiger partial charge is 0.326 e. The number of allylic oxidation sites excluding steroid dienone is 4. The molecule has 4 nitrogen and oxygen atoms in total. The van der Waals surface area contributed by atoms with Crippen molar-refractivity contribution in [1.29, 1.82) is 0 Å². The molecule has 3 N–H and O–H groups in total.